The van der Waals surface area contributed by atoms with Crippen LogP contribution in [0.3, 0.4) is 0 Å². The fraction of sp³-hybridized carbons (Fsp3) is 0.467. The third-order valence-electron chi connectivity index (χ3n) is 4.15. The van der Waals surface area contributed by atoms with Gasteiger partial charge in [0.05, 0.1) is 8.80 Å². The van der Waals surface area contributed by atoms with Crippen LogP contribution in [0.4, 0.5) is 0 Å². The maximum absolute atomic E-state index is 2.45. The molecule has 0 N–H and O–H groups in total. The van der Waals surface area contributed by atoms with E-state index in [1.807, 2.05) is 0 Å². The van der Waals surface area contributed by atoms with Crippen LogP contribution in [0, 0.1) is 6.92 Å². The summed E-state index contributed by atoms with van der Waals surface area (Å²) >= 11 is 0. The summed E-state index contributed by atoms with van der Waals surface area (Å²) in [5.74, 6) is 0. The summed E-state index contributed by atoms with van der Waals surface area (Å²) in [4.78, 5) is 0. The van der Waals surface area contributed by atoms with E-state index in [4.69, 9.17) is 0 Å². The number of hydrogen-bond acceptors (Lipinski definition) is 0. The molecule has 1 fully saturated rings. The Balaban J connectivity index is 2.03. The molecule has 1 saturated heterocycles. The molecule has 3 rings (SSSR count). The highest BCUT2D eigenvalue weighted by molar-refractivity contribution is 6.62. The SMILES string of the molecule is CC1=Cc2c(C)cccc2C1[Si]1CCCC1. The fourth-order valence-corrected chi connectivity index (χ4v) is 7.02. The molecule has 0 amide bonds. The molecule has 1 aliphatic heterocycles. The molecule has 1 aromatic carbocycles. The summed E-state index contributed by atoms with van der Waals surface area (Å²) in [6.07, 6.45) is 5.42. The van der Waals surface area contributed by atoms with Gasteiger partial charge in [-0.25, -0.2) is 0 Å². The van der Waals surface area contributed by atoms with Crippen LogP contribution in [0.15, 0.2) is 23.8 Å². The van der Waals surface area contributed by atoms with Crippen molar-refractivity contribution in [1.82, 2.24) is 0 Å². The van der Waals surface area contributed by atoms with E-state index in [2.05, 4.69) is 38.1 Å². The minimum atomic E-state index is -0.135. The molecule has 1 heteroatoms. The summed E-state index contributed by atoms with van der Waals surface area (Å²) in [6, 6.07) is 9.93. The third-order valence-corrected chi connectivity index (χ3v) is 7.72. The molecule has 0 nitrogen and oxygen atoms in total. The van der Waals surface area contributed by atoms with Crippen molar-refractivity contribution in [2.45, 2.75) is 44.3 Å². The zero-order valence-electron chi connectivity index (χ0n) is 10.2. The summed E-state index contributed by atoms with van der Waals surface area (Å²) in [5, 5.41) is 0. The van der Waals surface area contributed by atoms with E-state index in [1.54, 1.807) is 11.1 Å². The van der Waals surface area contributed by atoms with Crippen molar-refractivity contribution in [3.8, 4) is 0 Å². The Hall–Kier alpha value is -0.823. The van der Waals surface area contributed by atoms with Crippen LogP contribution < -0.4 is 0 Å². The second-order valence-corrected chi connectivity index (χ2v) is 8.16. The lowest BCUT2D eigenvalue weighted by atomic mass is 10.0. The van der Waals surface area contributed by atoms with Crippen LogP contribution in [0.2, 0.25) is 12.1 Å². The molecule has 83 valence electrons. The first-order valence-corrected chi connectivity index (χ1v) is 8.39. The van der Waals surface area contributed by atoms with Crippen molar-refractivity contribution in [3.05, 3.63) is 40.5 Å². The number of aryl methyl sites for hydroxylation is 1. The van der Waals surface area contributed by atoms with Crippen molar-refractivity contribution >= 4 is 14.9 Å². The minimum absolute atomic E-state index is 0.135. The Morgan fingerprint density at radius 2 is 1.88 bits per heavy atom. The number of allylic oxidation sites excluding steroid dienone is 1. The molecular weight excluding hydrogens is 208 g/mol. The predicted molar refractivity (Wildman–Crippen MR) is 72.2 cm³/mol. The van der Waals surface area contributed by atoms with Gasteiger partial charge in [0.25, 0.3) is 0 Å². The van der Waals surface area contributed by atoms with Crippen molar-refractivity contribution < 1.29 is 0 Å². The molecular formula is C15H19Si. The average molecular weight is 227 g/mol. The lowest BCUT2D eigenvalue weighted by molar-refractivity contribution is 0.935. The van der Waals surface area contributed by atoms with E-state index in [-0.39, 0.29) is 8.80 Å². The van der Waals surface area contributed by atoms with Gasteiger partial charge < -0.3 is 0 Å². The largest absolute Gasteiger partial charge is 0.0682 e. The Morgan fingerprint density at radius 1 is 1.12 bits per heavy atom. The Bertz CT molecular complexity index is 439. The standard InChI is InChI=1S/C15H19Si/c1-11-6-5-7-13-14(11)10-12(2)15(13)16-8-3-4-9-16/h5-7,10,15H,3-4,8-9H2,1-2H3. The van der Waals surface area contributed by atoms with Crippen LogP contribution in [-0.4, -0.2) is 8.80 Å². The smallest absolute Gasteiger partial charge is 0.0616 e. The van der Waals surface area contributed by atoms with Gasteiger partial charge in [-0.15, -0.1) is 0 Å². The van der Waals surface area contributed by atoms with E-state index in [9.17, 15) is 0 Å². The van der Waals surface area contributed by atoms with Crippen LogP contribution in [0.25, 0.3) is 6.08 Å². The van der Waals surface area contributed by atoms with Crippen LogP contribution in [0.1, 0.15) is 42.0 Å². The molecule has 1 aliphatic carbocycles. The molecule has 0 aromatic heterocycles. The van der Waals surface area contributed by atoms with Gasteiger partial charge in [0.2, 0.25) is 0 Å². The van der Waals surface area contributed by atoms with Crippen LogP contribution >= 0.6 is 0 Å². The highest BCUT2D eigenvalue weighted by Crippen LogP contribution is 2.43. The van der Waals surface area contributed by atoms with Gasteiger partial charge in [0.1, 0.15) is 0 Å². The van der Waals surface area contributed by atoms with Crippen molar-refractivity contribution in [1.29, 1.82) is 0 Å². The fourth-order valence-electron chi connectivity index (χ4n) is 3.37. The van der Waals surface area contributed by atoms with Gasteiger partial charge in [0.15, 0.2) is 0 Å². The van der Waals surface area contributed by atoms with E-state index >= 15 is 0 Å². The van der Waals surface area contributed by atoms with E-state index in [0.717, 1.165) is 5.54 Å². The number of fused-ring (bicyclic) bond motifs is 1. The van der Waals surface area contributed by atoms with Gasteiger partial charge in [-0.2, -0.15) is 0 Å². The van der Waals surface area contributed by atoms with Crippen LogP contribution in [-0.2, 0) is 0 Å². The maximum atomic E-state index is 2.45. The van der Waals surface area contributed by atoms with E-state index in [1.165, 1.54) is 36.1 Å². The van der Waals surface area contributed by atoms with Crippen molar-refractivity contribution in [3.63, 3.8) is 0 Å². The highest BCUT2D eigenvalue weighted by atomic mass is 28.3. The van der Waals surface area contributed by atoms with Gasteiger partial charge in [0, 0.05) is 0 Å². The zero-order valence-corrected chi connectivity index (χ0v) is 11.2. The number of hydrogen-bond donors (Lipinski definition) is 0. The first kappa shape index (κ1) is 10.3. The van der Waals surface area contributed by atoms with E-state index < -0.39 is 0 Å². The quantitative estimate of drug-likeness (QED) is 0.627. The predicted octanol–water partition coefficient (Wildman–Crippen LogP) is 4.32. The zero-order chi connectivity index (χ0) is 11.1. The second kappa shape index (κ2) is 3.88. The molecule has 0 bridgehead atoms. The molecule has 1 radical (unpaired) electrons. The number of benzene rings is 1. The van der Waals surface area contributed by atoms with Gasteiger partial charge in [-0.3, -0.25) is 0 Å². The highest BCUT2D eigenvalue weighted by Gasteiger charge is 2.33. The molecule has 1 atom stereocenters. The van der Waals surface area contributed by atoms with Gasteiger partial charge >= 0.3 is 0 Å². The lowest BCUT2D eigenvalue weighted by Gasteiger charge is -2.20. The van der Waals surface area contributed by atoms with Crippen molar-refractivity contribution in [2.24, 2.45) is 0 Å². The summed E-state index contributed by atoms with van der Waals surface area (Å²) in [6.45, 7) is 4.59. The minimum Gasteiger partial charge on any atom is -0.0682 e. The summed E-state index contributed by atoms with van der Waals surface area (Å²) in [7, 11) is -0.135. The monoisotopic (exact) mass is 227 g/mol. The molecule has 1 unspecified atom stereocenters. The average Bonchev–Trinajstić information content (AvgIpc) is 2.85. The van der Waals surface area contributed by atoms with Gasteiger partial charge in [-0.1, -0.05) is 54.8 Å². The first-order chi connectivity index (χ1) is 7.77. The van der Waals surface area contributed by atoms with E-state index in [0.29, 0.717) is 0 Å². The van der Waals surface area contributed by atoms with Gasteiger partial charge in [-0.05, 0) is 36.1 Å². The Labute approximate surface area is 100.0 Å². The molecule has 2 aliphatic rings. The summed E-state index contributed by atoms with van der Waals surface area (Å²) < 4.78 is 0. The normalized spacial score (nSPS) is 24.6. The second-order valence-electron chi connectivity index (χ2n) is 5.26. The maximum Gasteiger partial charge on any atom is 0.0616 e. The number of rotatable bonds is 1. The molecule has 1 heterocycles. The Morgan fingerprint density at radius 3 is 2.62 bits per heavy atom. The van der Waals surface area contributed by atoms with Crippen molar-refractivity contribution in [2.75, 3.05) is 0 Å². The van der Waals surface area contributed by atoms with Crippen LogP contribution in [0.5, 0.6) is 0 Å². The molecule has 0 spiro atoms. The molecule has 1 aromatic rings. The Kier molecular flexibility index (Phi) is 2.51. The molecule has 0 saturated carbocycles. The lowest BCUT2D eigenvalue weighted by Crippen LogP contribution is -2.19. The summed E-state index contributed by atoms with van der Waals surface area (Å²) in [5.41, 5.74) is 7.12. The third kappa shape index (κ3) is 1.49. The molecule has 16 heavy (non-hydrogen) atoms. The topological polar surface area (TPSA) is 0 Å². The first-order valence-electron chi connectivity index (χ1n) is 6.39.